The van der Waals surface area contributed by atoms with Gasteiger partial charge >= 0.3 is 23.9 Å². The summed E-state index contributed by atoms with van der Waals surface area (Å²) in [5, 5.41) is 42.8. The van der Waals surface area contributed by atoms with Crippen molar-refractivity contribution in [3.05, 3.63) is 46.1 Å². The summed E-state index contributed by atoms with van der Waals surface area (Å²) in [6, 6.07) is 0.895. The summed E-state index contributed by atoms with van der Waals surface area (Å²) in [6.07, 6.45) is -0.518. The van der Waals surface area contributed by atoms with Crippen LogP contribution in [-0.4, -0.2) is 117 Å². The molecule has 252 valence electrons. The number of Topliss-reactive ketones (excluding diaryl/α,β-unsaturated/α-hetero) is 2. The molecule has 3 aliphatic rings. The van der Waals surface area contributed by atoms with Gasteiger partial charge in [0.1, 0.15) is 5.69 Å². The number of aromatic hydroxyl groups is 2. The Morgan fingerprint density at radius 3 is 2.52 bits per heavy atom. The number of nitrogens with one attached hydrogen (secondary N) is 1. The van der Waals surface area contributed by atoms with Crippen molar-refractivity contribution >= 4 is 86.9 Å². The Hall–Kier alpha value is -5.41. The van der Waals surface area contributed by atoms with E-state index in [1.54, 1.807) is 0 Å². The number of carbonyl (C=O) groups excluding carboxylic acids is 5. The van der Waals surface area contributed by atoms with Crippen LogP contribution < -0.4 is 11.2 Å². The lowest BCUT2D eigenvalue weighted by Crippen LogP contribution is -2.60. The van der Waals surface area contributed by atoms with Crippen molar-refractivity contribution in [1.29, 1.82) is 0 Å². The molecule has 4 heterocycles. The van der Waals surface area contributed by atoms with E-state index >= 15 is 0 Å². The standard InChI is InChI=1S/C26H22ClN7O12S2/c1-9(22(41)42)46-31-16(12-7-47-24(28)29-12)14(36)6-11-20(40)32-8-26(23(43)44,48-21(11)32)33-4-5-34(25(33)45)30-19(39)17(37)10-2-3-13(35)18(38)15(10)27/h2-3,7,11,21,35,38H,1,4-6,8H2,(H2,28,29)(H,30,39)(H,41,42)(H,43,44)/b31-16-/t11?,21-,26-/m1/s1. The molecule has 22 heteroatoms. The van der Waals surface area contributed by atoms with Crippen LogP contribution >= 0.6 is 34.7 Å². The summed E-state index contributed by atoms with van der Waals surface area (Å²) in [5.74, 6) is -10.4. The smallest absolute Gasteiger partial charge is 0.374 e. The first kappa shape index (κ1) is 33.9. The van der Waals surface area contributed by atoms with E-state index in [4.69, 9.17) is 27.3 Å². The molecular weight excluding hydrogens is 702 g/mol. The van der Waals surface area contributed by atoms with E-state index in [9.17, 15) is 48.9 Å². The number of fused-ring (bicyclic) bond motifs is 1. The summed E-state index contributed by atoms with van der Waals surface area (Å²) in [7, 11) is 0. The number of aromatic nitrogens is 1. The molecule has 3 fully saturated rings. The minimum absolute atomic E-state index is 0.0550. The fourth-order valence-electron chi connectivity index (χ4n) is 5.02. The molecule has 1 aromatic carbocycles. The van der Waals surface area contributed by atoms with Crippen LogP contribution in [-0.2, 0) is 28.8 Å². The molecule has 3 aliphatic heterocycles. The number of anilines is 1. The van der Waals surface area contributed by atoms with Crippen molar-refractivity contribution in [1.82, 2.24) is 25.2 Å². The van der Waals surface area contributed by atoms with Gasteiger partial charge in [0.2, 0.25) is 16.5 Å². The average molecular weight is 724 g/mol. The highest BCUT2D eigenvalue weighted by atomic mass is 35.5. The maximum atomic E-state index is 13.4. The van der Waals surface area contributed by atoms with Crippen molar-refractivity contribution in [2.75, 3.05) is 25.4 Å². The molecule has 2 aromatic rings. The second-order valence-electron chi connectivity index (χ2n) is 10.3. The first-order valence-electron chi connectivity index (χ1n) is 13.4. The quantitative estimate of drug-likeness (QED) is 0.0246. The van der Waals surface area contributed by atoms with E-state index in [1.807, 2.05) is 0 Å². The SMILES string of the molecule is C=C(O/N=C(\C(=O)CC1C(=O)N2C[C@@](C(=O)O)(N3CCN(NC(=O)C(=O)c4ccc(O)c(O)c4Cl)C3=O)S[C@H]12)c1csc(N)n1)C(=O)O. The van der Waals surface area contributed by atoms with E-state index in [1.165, 1.54) is 10.3 Å². The predicted molar refractivity (Wildman–Crippen MR) is 164 cm³/mol. The Bertz CT molecular complexity index is 1850. The lowest BCUT2D eigenvalue weighted by molar-refractivity contribution is -0.154. The van der Waals surface area contributed by atoms with Gasteiger partial charge in [0.05, 0.1) is 35.0 Å². The van der Waals surface area contributed by atoms with Gasteiger partial charge in [-0.25, -0.2) is 24.4 Å². The van der Waals surface area contributed by atoms with Crippen molar-refractivity contribution < 1.29 is 58.8 Å². The van der Waals surface area contributed by atoms with E-state index in [0.29, 0.717) is 5.01 Å². The number of hydrogen-bond donors (Lipinski definition) is 6. The molecule has 0 aliphatic carbocycles. The molecule has 5 rings (SSSR count). The maximum absolute atomic E-state index is 13.4. The van der Waals surface area contributed by atoms with Crippen molar-refractivity contribution in [3.63, 3.8) is 0 Å². The molecule has 19 nitrogen and oxygen atoms in total. The highest BCUT2D eigenvalue weighted by Crippen LogP contribution is 2.52. The largest absolute Gasteiger partial charge is 0.504 e. The second-order valence-corrected chi connectivity index (χ2v) is 12.9. The zero-order valence-electron chi connectivity index (χ0n) is 24.0. The number of thioether (sulfide) groups is 1. The number of hydrogen-bond acceptors (Lipinski definition) is 15. The topological polar surface area (TPSA) is 283 Å². The fourth-order valence-corrected chi connectivity index (χ4v) is 7.51. The van der Waals surface area contributed by atoms with Crippen LogP contribution in [0.3, 0.4) is 0 Å². The van der Waals surface area contributed by atoms with Crippen molar-refractivity contribution in [3.8, 4) is 11.5 Å². The van der Waals surface area contributed by atoms with Gasteiger partial charge in [0.15, 0.2) is 28.1 Å². The second kappa shape index (κ2) is 12.7. The Kier molecular flexibility index (Phi) is 8.95. The fraction of sp³-hybridized carbons (Fsp3) is 0.269. The Balaban J connectivity index is 1.30. The van der Waals surface area contributed by atoms with Gasteiger partial charge in [-0.15, -0.1) is 11.3 Å². The molecule has 1 aromatic heterocycles. The summed E-state index contributed by atoms with van der Waals surface area (Å²) in [4.78, 5) is 97.6. The monoisotopic (exact) mass is 723 g/mol. The van der Waals surface area contributed by atoms with Crippen LogP contribution in [0, 0.1) is 5.92 Å². The summed E-state index contributed by atoms with van der Waals surface area (Å²) < 4.78 is 0. The third-order valence-corrected chi connectivity index (χ3v) is 10.2. The van der Waals surface area contributed by atoms with Gasteiger partial charge in [0.25, 0.3) is 5.78 Å². The summed E-state index contributed by atoms with van der Waals surface area (Å²) in [6.45, 7) is 2.17. The number of nitrogen functional groups attached to an aromatic ring is 1. The molecule has 0 saturated carbocycles. The van der Waals surface area contributed by atoms with Gasteiger partial charge in [-0.3, -0.25) is 29.5 Å². The van der Waals surface area contributed by atoms with E-state index in [2.05, 4.69) is 22.1 Å². The van der Waals surface area contributed by atoms with Crippen molar-refractivity contribution in [2.45, 2.75) is 16.7 Å². The number of rotatable bonds is 12. The molecule has 0 bridgehead atoms. The molecule has 0 radical (unpaired) electrons. The molecule has 3 saturated heterocycles. The number of β-lactam (4-membered cyclic amide) rings is 1. The molecule has 0 spiro atoms. The number of aliphatic carboxylic acids is 2. The number of amides is 4. The number of phenols is 2. The number of oxime groups is 1. The molecule has 48 heavy (non-hydrogen) atoms. The number of phenolic OH excluding ortho intramolecular Hbond substituents is 2. The predicted octanol–water partition coefficient (Wildman–Crippen LogP) is 0.0320. The Morgan fingerprint density at radius 1 is 1.19 bits per heavy atom. The number of thiazole rings is 1. The minimum Gasteiger partial charge on any atom is -0.504 e. The first-order valence-corrected chi connectivity index (χ1v) is 15.5. The highest BCUT2D eigenvalue weighted by molar-refractivity contribution is 8.02. The van der Waals surface area contributed by atoms with Crippen LogP contribution in [0.1, 0.15) is 22.5 Å². The summed E-state index contributed by atoms with van der Waals surface area (Å²) in [5.41, 5.74) is 6.73. The number of benzene rings is 1. The Morgan fingerprint density at radius 2 is 1.90 bits per heavy atom. The van der Waals surface area contributed by atoms with E-state index in [-0.39, 0.29) is 23.9 Å². The number of hydrazine groups is 1. The zero-order valence-corrected chi connectivity index (χ0v) is 26.4. The molecular formula is C26H22ClN7O12S2. The molecule has 3 atom stereocenters. The number of ketones is 2. The highest BCUT2D eigenvalue weighted by Gasteiger charge is 2.66. The third-order valence-electron chi connectivity index (χ3n) is 7.43. The van der Waals surface area contributed by atoms with E-state index in [0.717, 1.165) is 40.1 Å². The number of carbonyl (C=O) groups is 7. The number of carboxylic acid groups (broad SMARTS) is 2. The maximum Gasteiger partial charge on any atom is 0.374 e. The zero-order chi connectivity index (χ0) is 35.2. The van der Waals surface area contributed by atoms with Crippen LogP contribution in [0.15, 0.2) is 35.0 Å². The van der Waals surface area contributed by atoms with Gasteiger partial charge in [-0.2, -0.15) is 0 Å². The van der Waals surface area contributed by atoms with Gasteiger partial charge in [-0.05, 0) is 18.7 Å². The van der Waals surface area contributed by atoms with Crippen LogP contribution in [0.5, 0.6) is 11.5 Å². The normalized spacial score (nSPS) is 21.9. The van der Waals surface area contributed by atoms with Gasteiger partial charge in [-0.1, -0.05) is 28.5 Å². The minimum atomic E-state index is -2.05. The molecule has 7 N–H and O–H groups in total. The lowest BCUT2D eigenvalue weighted by atomic mass is 9.90. The number of carboxylic acids is 2. The van der Waals surface area contributed by atoms with E-state index < -0.39 is 104 Å². The van der Waals surface area contributed by atoms with Crippen molar-refractivity contribution in [2.24, 2.45) is 11.1 Å². The third kappa shape index (κ3) is 5.82. The first-order chi connectivity index (χ1) is 22.6. The molecule has 1 unspecified atom stereocenters. The number of nitrogens with zero attached hydrogens (tertiary/aromatic N) is 5. The molecule has 4 amide bonds. The van der Waals surface area contributed by atoms with Gasteiger partial charge < -0.3 is 35.9 Å². The van der Waals surface area contributed by atoms with Crippen LogP contribution in [0.25, 0.3) is 0 Å². The number of halogens is 1. The van der Waals surface area contributed by atoms with Crippen LogP contribution in [0.2, 0.25) is 5.02 Å². The average Bonchev–Trinajstić information content (AvgIpc) is 3.74. The number of nitrogens with two attached hydrogens (primary N) is 1. The van der Waals surface area contributed by atoms with Crippen LogP contribution in [0.4, 0.5) is 9.93 Å². The summed E-state index contributed by atoms with van der Waals surface area (Å²) >= 11 is 7.53. The number of urea groups is 1. The lowest BCUT2D eigenvalue weighted by Gasteiger charge is -2.40. The van der Waals surface area contributed by atoms with Gasteiger partial charge in [0, 0.05) is 18.3 Å². The Labute approximate surface area is 281 Å².